The highest BCUT2D eigenvalue weighted by Crippen LogP contribution is 2.18. The Morgan fingerprint density at radius 3 is 2.24 bits per heavy atom. The minimum absolute atomic E-state index is 0.0424. The predicted molar refractivity (Wildman–Crippen MR) is 83.4 cm³/mol. The van der Waals surface area contributed by atoms with E-state index in [1.807, 2.05) is 68.5 Å². The van der Waals surface area contributed by atoms with Crippen LogP contribution in [0.5, 0.6) is 0 Å². The van der Waals surface area contributed by atoms with Gasteiger partial charge in [0.25, 0.3) is 0 Å². The third kappa shape index (κ3) is 3.32. The first-order valence-corrected chi connectivity index (χ1v) is 6.57. The van der Waals surface area contributed by atoms with E-state index in [4.69, 9.17) is 10.5 Å². The summed E-state index contributed by atoms with van der Waals surface area (Å²) in [6.45, 7) is 3.80. The Balaban J connectivity index is 2.43. The molecule has 0 aliphatic carbocycles. The van der Waals surface area contributed by atoms with Crippen LogP contribution in [0, 0.1) is 28.6 Å². The molecule has 1 heterocycles. The third-order valence-electron chi connectivity index (χ3n) is 3.28. The van der Waals surface area contributed by atoms with Gasteiger partial charge in [-0.15, -0.1) is 0 Å². The van der Waals surface area contributed by atoms with Gasteiger partial charge in [-0.25, -0.2) is 9.98 Å². The number of hydrogen-bond acceptors (Lipinski definition) is 4. The molecule has 1 unspecified atom stereocenters. The molecule has 1 aromatic carbocycles. The van der Waals surface area contributed by atoms with Crippen molar-refractivity contribution in [3.05, 3.63) is 53.4 Å². The SMILES string of the molecule is CC1=NC(C#N)=C(C#N)N=C(C=Cc2ccccc2)C1C. The van der Waals surface area contributed by atoms with Crippen molar-refractivity contribution in [1.82, 2.24) is 0 Å². The standard InChI is InChI=1S/C17H14N4/c1-12-13(2)20-16(10-18)17(11-19)21-15(12)9-8-14-6-4-3-5-7-14/h3-9,12H,1-2H3. The lowest BCUT2D eigenvalue weighted by molar-refractivity contribution is 1.05. The van der Waals surface area contributed by atoms with E-state index in [2.05, 4.69) is 9.98 Å². The average molecular weight is 274 g/mol. The van der Waals surface area contributed by atoms with Gasteiger partial charge in [-0.2, -0.15) is 10.5 Å². The Kier molecular flexibility index (Phi) is 4.43. The van der Waals surface area contributed by atoms with Crippen molar-refractivity contribution in [2.75, 3.05) is 0 Å². The van der Waals surface area contributed by atoms with Crippen LogP contribution < -0.4 is 0 Å². The van der Waals surface area contributed by atoms with E-state index in [0.29, 0.717) is 0 Å². The molecule has 21 heavy (non-hydrogen) atoms. The molecule has 1 aliphatic heterocycles. The number of allylic oxidation sites excluding steroid dienone is 3. The third-order valence-corrected chi connectivity index (χ3v) is 3.28. The molecule has 4 heteroatoms. The van der Waals surface area contributed by atoms with Crippen LogP contribution in [0.2, 0.25) is 0 Å². The average Bonchev–Trinajstić information content (AvgIpc) is 2.64. The quantitative estimate of drug-likeness (QED) is 0.827. The van der Waals surface area contributed by atoms with Crippen LogP contribution in [0.25, 0.3) is 6.08 Å². The largest absolute Gasteiger partial charge is 0.243 e. The molecular weight excluding hydrogens is 260 g/mol. The Bertz CT molecular complexity index is 737. The monoisotopic (exact) mass is 274 g/mol. The number of rotatable bonds is 2. The van der Waals surface area contributed by atoms with Crippen molar-refractivity contribution in [3.8, 4) is 12.1 Å². The highest BCUT2D eigenvalue weighted by Gasteiger charge is 2.18. The van der Waals surface area contributed by atoms with Crippen LogP contribution in [-0.4, -0.2) is 11.4 Å². The molecule has 0 aromatic heterocycles. The van der Waals surface area contributed by atoms with Crippen molar-refractivity contribution < 1.29 is 0 Å². The Labute approximate surface area is 124 Å². The molecular formula is C17H14N4. The maximum absolute atomic E-state index is 9.13. The van der Waals surface area contributed by atoms with Crippen LogP contribution in [0.15, 0.2) is 57.8 Å². The number of nitrogens with zero attached hydrogens (tertiary/aromatic N) is 4. The van der Waals surface area contributed by atoms with Crippen molar-refractivity contribution >= 4 is 17.5 Å². The Morgan fingerprint density at radius 2 is 1.62 bits per heavy atom. The summed E-state index contributed by atoms with van der Waals surface area (Å²) < 4.78 is 0. The maximum Gasteiger partial charge on any atom is 0.177 e. The van der Waals surface area contributed by atoms with Gasteiger partial charge in [-0.3, -0.25) is 0 Å². The van der Waals surface area contributed by atoms with E-state index in [0.717, 1.165) is 17.0 Å². The number of aliphatic imine (C=N–C) groups is 2. The van der Waals surface area contributed by atoms with E-state index in [-0.39, 0.29) is 17.3 Å². The van der Waals surface area contributed by atoms with Crippen LogP contribution in [-0.2, 0) is 0 Å². The molecule has 0 saturated carbocycles. The lowest BCUT2D eigenvalue weighted by Crippen LogP contribution is -2.16. The molecule has 0 radical (unpaired) electrons. The smallest absolute Gasteiger partial charge is 0.177 e. The molecule has 4 nitrogen and oxygen atoms in total. The molecule has 0 spiro atoms. The fourth-order valence-electron chi connectivity index (χ4n) is 1.90. The Morgan fingerprint density at radius 1 is 1.00 bits per heavy atom. The van der Waals surface area contributed by atoms with Crippen molar-refractivity contribution in [2.24, 2.45) is 15.9 Å². The summed E-state index contributed by atoms with van der Waals surface area (Å²) in [6.07, 6.45) is 3.81. The second-order valence-electron chi connectivity index (χ2n) is 4.68. The molecule has 1 aliphatic rings. The molecule has 1 atom stereocenters. The van der Waals surface area contributed by atoms with E-state index in [1.54, 1.807) is 0 Å². The second-order valence-corrected chi connectivity index (χ2v) is 4.68. The molecule has 0 saturated heterocycles. The first-order valence-electron chi connectivity index (χ1n) is 6.57. The van der Waals surface area contributed by atoms with Crippen LogP contribution >= 0.6 is 0 Å². The van der Waals surface area contributed by atoms with E-state index in [9.17, 15) is 0 Å². The molecule has 0 N–H and O–H groups in total. The zero-order valence-electron chi connectivity index (χ0n) is 11.9. The van der Waals surface area contributed by atoms with Crippen LogP contribution in [0.3, 0.4) is 0 Å². The van der Waals surface area contributed by atoms with E-state index < -0.39 is 0 Å². The van der Waals surface area contributed by atoms with Crippen molar-refractivity contribution in [3.63, 3.8) is 0 Å². The van der Waals surface area contributed by atoms with Gasteiger partial charge in [0.1, 0.15) is 12.1 Å². The topological polar surface area (TPSA) is 72.3 Å². The van der Waals surface area contributed by atoms with Gasteiger partial charge in [0.15, 0.2) is 11.4 Å². The van der Waals surface area contributed by atoms with Gasteiger partial charge >= 0.3 is 0 Å². The van der Waals surface area contributed by atoms with Crippen molar-refractivity contribution in [2.45, 2.75) is 13.8 Å². The van der Waals surface area contributed by atoms with E-state index in [1.165, 1.54) is 0 Å². The molecule has 0 bridgehead atoms. The molecule has 2 rings (SSSR count). The van der Waals surface area contributed by atoms with Gasteiger partial charge < -0.3 is 0 Å². The van der Waals surface area contributed by atoms with E-state index >= 15 is 0 Å². The Hall–Kier alpha value is -2.98. The lowest BCUT2D eigenvalue weighted by atomic mass is 9.99. The lowest BCUT2D eigenvalue weighted by Gasteiger charge is -2.09. The summed E-state index contributed by atoms with van der Waals surface area (Å²) in [6, 6.07) is 13.7. The first-order chi connectivity index (χ1) is 10.2. The summed E-state index contributed by atoms with van der Waals surface area (Å²) in [5.41, 5.74) is 2.68. The number of hydrogen-bond donors (Lipinski definition) is 0. The van der Waals surface area contributed by atoms with Crippen molar-refractivity contribution in [1.29, 1.82) is 10.5 Å². The van der Waals surface area contributed by atoms with Gasteiger partial charge in [-0.05, 0) is 18.6 Å². The minimum atomic E-state index is -0.0424. The second kappa shape index (κ2) is 6.45. The molecule has 0 amide bonds. The fraction of sp³-hybridized carbons (Fsp3) is 0.176. The summed E-state index contributed by atoms with van der Waals surface area (Å²) >= 11 is 0. The highest BCUT2D eigenvalue weighted by molar-refractivity contribution is 6.14. The fourth-order valence-corrected chi connectivity index (χ4v) is 1.90. The maximum atomic E-state index is 9.13. The van der Waals surface area contributed by atoms with Gasteiger partial charge in [0.05, 0.1) is 5.71 Å². The van der Waals surface area contributed by atoms with Gasteiger partial charge in [-0.1, -0.05) is 43.3 Å². The predicted octanol–water partition coefficient (Wildman–Crippen LogP) is 3.51. The summed E-state index contributed by atoms with van der Waals surface area (Å²) in [5, 5.41) is 18.2. The first kappa shape index (κ1) is 14.4. The van der Waals surface area contributed by atoms with Crippen LogP contribution in [0.1, 0.15) is 19.4 Å². The van der Waals surface area contributed by atoms with Crippen LogP contribution in [0.4, 0.5) is 0 Å². The molecule has 0 fully saturated rings. The van der Waals surface area contributed by atoms with Gasteiger partial charge in [0.2, 0.25) is 0 Å². The summed E-state index contributed by atoms with van der Waals surface area (Å²) in [5.74, 6) is -0.0424. The van der Waals surface area contributed by atoms with Gasteiger partial charge in [0, 0.05) is 11.6 Å². The molecule has 102 valence electrons. The zero-order valence-corrected chi connectivity index (χ0v) is 11.9. The highest BCUT2D eigenvalue weighted by atomic mass is 14.9. The number of benzene rings is 1. The number of nitriles is 2. The summed E-state index contributed by atoms with van der Waals surface area (Å²) in [4.78, 5) is 8.50. The minimum Gasteiger partial charge on any atom is -0.243 e. The normalized spacial score (nSPS) is 18.6. The molecule has 1 aromatic rings. The summed E-state index contributed by atoms with van der Waals surface area (Å²) in [7, 11) is 0. The zero-order chi connectivity index (χ0) is 15.2.